The van der Waals surface area contributed by atoms with E-state index in [1.807, 2.05) is 12.1 Å². The molecule has 2 fully saturated rings. The first-order valence-corrected chi connectivity index (χ1v) is 11.5. The average molecular weight is 475 g/mol. The highest BCUT2D eigenvalue weighted by Gasteiger charge is 2.32. The Kier molecular flexibility index (Phi) is 5.89. The molecular weight excluding hydrogens is 448 g/mol. The molecule has 0 unspecified atom stereocenters. The Bertz CT molecular complexity index is 1280. The third kappa shape index (κ3) is 4.84. The quantitative estimate of drug-likeness (QED) is 0.473. The van der Waals surface area contributed by atoms with Crippen molar-refractivity contribution in [2.75, 3.05) is 16.8 Å². The van der Waals surface area contributed by atoms with E-state index in [0.29, 0.717) is 36.6 Å². The fraction of sp³-hybridized carbons (Fsp3) is 0.333. The third-order valence-corrected chi connectivity index (χ3v) is 6.20. The molecule has 1 aliphatic carbocycles. The molecule has 11 heteroatoms. The molecule has 3 amide bonds. The number of amides is 3. The number of carbonyl (C=O) groups is 3. The summed E-state index contributed by atoms with van der Waals surface area (Å²) in [5, 5.41) is 9.92. The van der Waals surface area contributed by atoms with E-state index >= 15 is 0 Å². The van der Waals surface area contributed by atoms with Crippen molar-refractivity contribution in [3.8, 4) is 0 Å². The molecule has 1 saturated carbocycles. The van der Waals surface area contributed by atoms with Gasteiger partial charge >= 0.3 is 0 Å². The number of hydrogen-bond donors (Lipinski definition) is 3. The van der Waals surface area contributed by atoms with Crippen molar-refractivity contribution in [1.82, 2.24) is 25.1 Å². The topological polar surface area (TPSA) is 148 Å². The molecule has 2 aromatic heterocycles. The SMILES string of the molecule is Cn1cc(Nc2nc(N3CCC[C@@H](NC(=O)c4ccc(C5CC5)cc4)C3=O)cnc2C(N)=O)cn1. The molecule has 4 N–H and O–H groups in total. The molecule has 1 aliphatic heterocycles. The maximum atomic E-state index is 13.3. The van der Waals surface area contributed by atoms with E-state index in [1.165, 1.54) is 29.5 Å². The van der Waals surface area contributed by atoms with Gasteiger partial charge in [-0.3, -0.25) is 24.0 Å². The molecule has 0 bridgehead atoms. The molecule has 1 atom stereocenters. The number of carbonyl (C=O) groups excluding carboxylic acids is 3. The molecule has 11 nitrogen and oxygen atoms in total. The lowest BCUT2D eigenvalue weighted by molar-refractivity contribution is -0.121. The largest absolute Gasteiger partial charge is 0.364 e. The van der Waals surface area contributed by atoms with Gasteiger partial charge in [-0.15, -0.1) is 0 Å². The Hall–Kier alpha value is -4.28. The van der Waals surface area contributed by atoms with E-state index in [9.17, 15) is 14.4 Å². The highest BCUT2D eigenvalue weighted by Crippen LogP contribution is 2.39. The van der Waals surface area contributed by atoms with E-state index in [1.54, 1.807) is 36.3 Å². The maximum absolute atomic E-state index is 13.3. The summed E-state index contributed by atoms with van der Waals surface area (Å²) < 4.78 is 1.59. The Morgan fingerprint density at radius 2 is 1.89 bits per heavy atom. The summed E-state index contributed by atoms with van der Waals surface area (Å²) in [6.45, 7) is 0.415. The summed E-state index contributed by atoms with van der Waals surface area (Å²) in [5.74, 6) is -0.329. The van der Waals surface area contributed by atoms with Gasteiger partial charge in [-0.25, -0.2) is 9.97 Å². The van der Waals surface area contributed by atoms with Crippen LogP contribution in [0.25, 0.3) is 0 Å². The standard InChI is InChI=1S/C24H26N8O3/c1-31-13-17(11-27-31)28-22-20(21(25)33)26-12-19(30-22)32-10-2-3-18(24(32)35)29-23(34)16-8-6-15(7-9-16)14-4-5-14/h6-9,11-14,18H,2-5,10H2,1H3,(H2,25,33)(H,28,30)(H,29,34)/t18-/m1/s1. The van der Waals surface area contributed by atoms with Crippen LogP contribution in [0.2, 0.25) is 0 Å². The van der Waals surface area contributed by atoms with Gasteiger partial charge in [0.15, 0.2) is 17.3 Å². The minimum atomic E-state index is -0.752. The van der Waals surface area contributed by atoms with Crippen LogP contribution >= 0.6 is 0 Å². The van der Waals surface area contributed by atoms with Gasteiger partial charge < -0.3 is 16.4 Å². The monoisotopic (exact) mass is 474 g/mol. The predicted molar refractivity (Wildman–Crippen MR) is 128 cm³/mol. The Morgan fingerprint density at radius 1 is 1.11 bits per heavy atom. The Labute approximate surface area is 201 Å². The van der Waals surface area contributed by atoms with Crippen molar-refractivity contribution in [3.05, 3.63) is 59.7 Å². The fourth-order valence-corrected chi connectivity index (χ4v) is 4.20. The molecule has 0 spiro atoms. The van der Waals surface area contributed by atoms with Crippen LogP contribution in [0.15, 0.2) is 42.9 Å². The van der Waals surface area contributed by atoms with Crippen LogP contribution in [0.4, 0.5) is 17.3 Å². The normalized spacial score (nSPS) is 17.8. The zero-order valence-electron chi connectivity index (χ0n) is 19.3. The van der Waals surface area contributed by atoms with Gasteiger partial charge in [0.25, 0.3) is 17.7 Å². The lowest BCUT2D eigenvalue weighted by Crippen LogP contribution is -2.52. The molecule has 0 radical (unpaired) electrons. The van der Waals surface area contributed by atoms with Crippen molar-refractivity contribution in [3.63, 3.8) is 0 Å². The lowest BCUT2D eigenvalue weighted by atomic mass is 10.0. The predicted octanol–water partition coefficient (Wildman–Crippen LogP) is 1.86. The first kappa shape index (κ1) is 22.5. The third-order valence-electron chi connectivity index (χ3n) is 6.20. The van der Waals surface area contributed by atoms with Crippen molar-refractivity contribution >= 4 is 35.0 Å². The lowest BCUT2D eigenvalue weighted by Gasteiger charge is -2.32. The van der Waals surface area contributed by atoms with Crippen molar-refractivity contribution in [1.29, 1.82) is 0 Å². The van der Waals surface area contributed by atoms with E-state index < -0.39 is 11.9 Å². The van der Waals surface area contributed by atoms with Crippen LogP contribution in [-0.4, -0.2) is 50.1 Å². The summed E-state index contributed by atoms with van der Waals surface area (Å²) in [7, 11) is 1.75. The van der Waals surface area contributed by atoms with Crippen molar-refractivity contribution in [2.45, 2.75) is 37.6 Å². The average Bonchev–Trinajstić information content (AvgIpc) is 3.62. The fourth-order valence-electron chi connectivity index (χ4n) is 4.20. The van der Waals surface area contributed by atoms with Gasteiger partial charge in [0.1, 0.15) is 6.04 Å². The number of benzene rings is 1. The second-order valence-corrected chi connectivity index (χ2v) is 8.87. The molecule has 180 valence electrons. The first-order valence-electron chi connectivity index (χ1n) is 11.5. The first-order chi connectivity index (χ1) is 16.9. The molecule has 5 rings (SSSR count). The van der Waals surface area contributed by atoms with Gasteiger partial charge in [0.05, 0.1) is 18.1 Å². The highest BCUT2D eigenvalue weighted by atomic mass is 16.2. The maximum Gasteiger partial charge on any atom is 0.271 e. The number of nitrogens with one attached hydrogen (secondary N) is 2. The van der Waals surface area contributed by atoms with Crippen LogP contribution in [0.3, 0.4) is 0 Å². The number of anilines is 3. The summed E-state index contributed by atoms with van der Waals surface area (Å²) >= 11 is 0. The zero-order valence-corrected chi connectivity index (χ0v) is 19.3. The van der Waals surface area contributed by atoms with Gasteiger partial charge in [0.2, 0.25) is 0 Å². The number of aromatic nitrogens is 4. The van der Waals surface area contributed by atoms with Crippen LogP contribution in [0.1, 0.15) is 58.0 Å². The summed E-state index contributed by atoms with van der Waals surface area (Å²) in [4.78, 5) is 48.0. The van der Waals surface area contributed by atoms with Gasteiger partial charge in [-0.2, -0.15) is 5.10 Å². The number of rotatable bonds is 7. The Balaban J connectivity index is 1.33. The van der Waals surface area contributed by atoms with E-state index in [4.69, 9.17) is 5.73 Å². The smallest absolute Gasteiger partial charge is 0.271 e. The van der Waals surface area contributed by atoms with E-state index in [0.717, 1.165) is 0 Å². The zero-order chi connectivity index (χ0) is 24.5. The molecular formula is C24H26N8O3. The second-order valence-electron chi connectivity index (χ2n) is 8.87. The number of aryl methyl sites for hydroxylation is 1. The summed E-state index contributed by atoms with van der Waals surface area (Å²) in [6, 6.07) is 6.88. The second kappa shape index (κ2) is 9.16. The number of nitrogens with two attached hydrogens (primary N) is 1. The summed E-state index contributed by atoms with van der Waals surface area (Å²) in [6.07, 6.45) is 8.19. The number of piperidine rings is 1. The molecule has 2 aliphatic rings. The van der Waals surface area contributed by atoms with Crippen LogP contribution in [0.5, 0.6) is 0 Å². The Morgan fingerprint density at radius 3 is 2.54 bits per heavy atom. The molecule has 1 saturated heterocycles. The summed E-state index contributed by atoms with van der Waals surface area (Å²) in [5.41, 5.74) is 7.76. The highest BCUT2D eigenvalue weighted by molar-refractivity contribution is 6.03. The van der Waals surface area contributed by atoms with Crippen LogP contribution in [-0.2, 0) is 11.8 Å². The van der Waals surface area contributed by atoms with Gasteiger partial charge in [0, 0.05) is 25.4 Å². The van der Waals surface area contributed by atoms with Gasteiger partial charge in [-0.1, -0.05) is 12.1 Å². The van der Waals surface area contributed by atoms with Crippen LogP contribution < -0.4 is 21.3 Å². The van der Waals surface area contributed by atoms with Crippen molar-refractivity contribution < 1.29 is 14.4 Å². The van der Waals surface area contributed by atoms with Gasteiger partial charge in [-0.05, 0) is 49.3 Å². The minimum Gasteiger partial charge on any atom is -0.364 e. The van der Waals surface area contributed by atoms with E-state index in [-0.39, 0.29) is 29.1 Å². The number of primary amides is 1. The van der Waals surface area contributed by atoms with E-state index in [2.05, 4.69) is 25.7 Å². The minimum absolute atomic E-state index is 0.0541. The molecule has 1 aromatic carbocycles. The molecule has 3 aromatic rings. The number of nitrogens with zero attached hydrogens (tertiary/aromatic N) is 5. The number of hydrogen-bond acceptors (Lipinski definition) is 7. The molecule has 3 heterocycles. The molecule has 35 heavy (non-hydrogen) atoms. The van der Waals surface area contributed by atoms with Crippen LogP contribution in [0, 0.1) is 0 Å². The van der Waals surface area contributed by atoms with Crippen molar-refractivity contribution in [2.24, 2.45) is 12.8 Å².